The molecule has 2 heterocycles. The standard InChI is InChI=1S/C16H23N3O4/c1-6-22-14(20)12-9-17-18(5)13(12)11-7-8-19(10-11)15(21)23-16(2,3)4/h9-10H,6-8H2,1-5H3. The van der Waals surface area contributed by atoms with Crippen molar-refractivity contribution in [1.29, 1.82) is 0 Å². The van der Waals surface area contributed by atoms with Gasteiger partial charge in [-0.1, -0.05) is 0 Å². The van der Waals surface area contributed by atoms with Crippen LogP contribution in [0, 0.1) is 0 Å². The summed E-state index contributed by atoms with van der Waals surface area (Å²) in [6.07, 6.45) is 3.44. The highest BCUT2D eigenvalue weighted by molar-refractivity contribution is 5.95. The van der Waals surface area contributed by atoms with Crippen LogP contribution in [0.4, 0.5) is 4.79 Å². The summed E-state index contributed by atoms with van der Waals surface area (Å²) < 4.78 is 12.0. The van der Waals surface area contributed by atoms with E-state index in [1.54, 1.807) is 24.9 Å². The van der Waals surface area contributed by atoms with E-state index in [9.17, 15) is 9.59 Å². The first kappa shape index (κ1) is 17.1. The van der Waals surface area contributed by atoms with E-state index in [0.717, 1.165) is 5.57 Å². The van der Waals surface area contributed by atoms with Crippen molar-refractivity contribution < 1.29 is 19.1 Å². The summed E-state index contributed by atoms with van der Waals surface area (Å²) in [7, 11) is 1.76. The summed E-state index contributed by atoms with van der Waals surface area (Å²) in [6.45, 7) is 8.05. The van der Waals surface area contributed by atoms with Crippen LogP contribution in [0.15, 0.2) is 12.4 Å². The maximum Gasteiger partial charge on any atom is 0.414 e. The molecule has 1 aliphatic heterocycles. The van der Waals surface area contributed by atoms with Crippen LogP contribution >= 0.6 is 0 Å². The summed E-state index contributed by atoms with van der Waals surface area (Å²) in [5.74, 6) is -0.410. The summed E-state index contributed by atoms with van der Waals surface area (Å²) in [6, 6.07) is 0. The Balaban J connectivity index is 2.23. The second-order valence-corrected chi connectivity index (χ2v) is 6.33. The lowest BCUT2D eigenvalue weighted by molar-refractivity contribution is 0.0349. The van der Waals surface area contributed by atoms with E-state index in [4.69, 9.17) is 9.47 Å². The third-order valence-corrected chi connectivity index (χ3v) is 3.30. The number of amides is 1. The average Bonchev–Trinajstić information content (AvgIpc) is 3.03. The lowest BCUT2D eigenvalue weighted by Crippen LogP contribution is -2.32. The van der Waals surface area contributed by atoms with E-state index in [0.29, 0.717) is 30.8 Å². The minimum atomic E-state index is -0.545. The molecule has 0 aromatic carbocycles. The zero-order chi connectivity index (χ0) is 17.2. The van der Waals surface area contributed by atoms with Gasteiger partial charge in [0.1, 0.15) is 11.2 Å². The van der Waals surface area contributed by atoms with Crippen molar-refractivity contribution in [2.75, 3.05) is 13.2 Å². The Morgan fingerprint density at radius 1 is 1.35 bits per heavy atom. The normalized spacial score (nSPS) is 14.7. The van der Waals surface area contributed by atoms with Gasteiger partial charge in [0.05, 0.1) is 18.5 Å². The zero-order valence-electron chi connectivity index (χ0n) is 14.3. The number of carbonyl (C=O) groups excluding carboxylic acids is 2. The molecule has 1 aliphatic rings. The van der Waals surface area contributed by atoms with Crippen molar-refractivity contribution in [3.8, 4) is 0 Å². The molecule has 2 rings (SSSR count). The van der Waals surface area contributed by atoms with Crippen molar-refractivity contribution in [2.45, 2.75) is 39.7 Å². The van der Waals surface area contributed by atoms with Gasteiger partial charge in [-0.15, -0.1) is 0 Å². The molecular weight excluding hydrogens is 298 g/mol. The van der Waals surface area contributed by atoms with Crippen LogP contribution < -0.4 is 0 Å². The van der Waals surface area contributed by atoms with Gasteiger partial charge in [0.25, 0.3) is 0 Å². The number of hydrogen-bond acceptors (Lipinski definition) is 5. The zero-order valence-corrected chi connectivity index (χ0v) is 14.3. The predicted molar refractivity (Wildman–Crippen MR) is 84.7 cm³/mol. The van der Waals surface area contributed by atoms with Crippen molar-refractivity contribution in [2.24, 2.45) is 7.05 Å². The molecule has 0 saturated carbocycles. The first-order valence-electron chi connectivity index (χ1n) is 7.62. The van der Waals surface area contributed by atoms with Gasteiger partial charge in [-0.25, -0.2) is 9.59 Å². The number of ether oxygens (including phenoxy) is 2. The second kappa shape index (κ2) is 6.44. The molecule has 126 valence electrons. The summed E-state index contributed by atoms with van der Waals surface area (Å²) in [5, 5.41) is 4.13. The van der Waals surface area contributed by atoms with E-state index in [2.05, 4.69) is 5.10 Å². The Morgan fingerprint density at radius 2 is 2.04 bits per heavy atom. The Morgan fingerprint density at radius 3 is 2.65 bits per heavy atom. The molecule has 0 spiro atoms. The van der Waals surface area contributed by atoms with Gasteiger partial charge in [-0.3, -0.25) is 9.58 Å². The van der Waals surface area contributed by atoms with Crippen LogP contribution in [0.1, 0.15) is 50.2 Å². The van der Waals surface area contributed by atoms with Crippen LogP contribution in [0.5, 0.6) is 0 Å². The summed E-state index contributed by atoms with van der Waals surface area (Å²) in [4.78, 5) is 25.7. The molecule has 0 atom stereocenters. The molecule has 0 saturated heterocycles. The third kappa shape index (κ3) is 3.91. The van der Waals surface area contributed by atoms with Gasteiger partial charge in [-0.05, 0) is 39.7 Å². The van der Waals surface area contributed by atoms with E-state index < -0.39 is 17.7 Å². The number of aryl methyl sites for hydroxylation is 1. The number of aromatic nitrogens is 2. The smallest absolute Gasteiger partial charge is 0.414 e. The molecule has 1 aromatic rings. The molecular formula is C16H23N3O4. The van der Waals surface area contributed by atoms with Crippen LogP contribution in [-0.4, -0.2) is 45.5 Å². The molecule has 7 heteroatoms. The van der Waals surface area contributed by atoms with Gasteiger partial charge < -0.3 is 9.47 Å². The largest absolute Gasteiger partial charge is 0.462 e. The van der Waals surface area contributed by atoms with E-state index >= 15 is 0 Å². The highest BCUT2D eigenvalue weighted by atomic mass is 16.6. The minimum absolute atomic E-state index is 0.302. The van der Waals surface area contributed by atoms with Crippen LogP contribution in [0.2, 0.25) is 0 Å². The van der Waals surface area contributed by atoms with E-state index in [1.807, 2.05) is 20.8 Å². The molecule has 1 aromatic heterocycles. The lowest BCUT2D eigenvalue weighted by Gasteiger charge is -2.23. The van der Waals surface area contributed by atoms with Gasteiger partial charge in [0.2, 0.25) is 0 Å². The number of hydrogen-bond donors (Lipinski definition) is 0. The SMILES string of the molecule is CCOC(=O)c1cnn(C)c1C1=CN(C(=O)OC(C)(C)C)CC1. The highest BCUT2D eigenvalue weighted by Gasteiger charge is 2.28. The summed E-state index contributed by atoms with van der Waals surface area (Å²) in [5.41, 5.74) is 1.40. The first-order valence-corrected chi connectivity index (χ1v) is 7.62. The monoisotopic (exact) mass is 321 g/mol. The van der Waals surface area contributed by atoms with Gasteiger partial charge in [-0.2, -0.15) is 5.10 Å². The minimum Gasteiger partial charge on any atom is -0.462 e. The molecule has 0 fully saturated rings. The fraction of sp³-hybridized carbons (Fsp3) is 0.562. The lowest BCUT2D eigenvalue weighted by atomic mass is 10.1. The molecule has 0 radical (unpaired) electrons. The van der Waals surface area contributed by atoms with Crippen molar-refractivity contribution in [3.05, 3.63) is 23.7 Å². The summed E-state index contributed by atoms with van der Waals surface area (Å²) >= 11 is 0. The maximum atomic E-state index is 12.1. The molecule has 1 amide bonds. The first-order chi connectivity index (χ1) is 10.7. The van der Waals surface area contributed by atoms with Crippen molar-refractivity contribution >= 4 is 17.6 Å². The van der Waals surface area contributed by atoms with E-state index in [-0.39, 0.29) is 0 Å². The second-order valence-electron chi connectivity index (χ2n) is 6.33. The number of esters is 1. The van der Waals surface area contributed by atoms with Crippen LogP contribution in [-0.2, 0) is 16.5 Å². The molecule has 23 heavy (non-hydrogen) atoms. The molecule has 0 aliphatic carbocycles. The Labute approximate surface area is 135 Å². The Kier molecular flexibility index (Phi) is 4.77. The van der Waals surface area contributed by atoms with E-state index in [1.165, 1.54) is 11.1 Å². The van der Waals surface area contributed by atoms with Gasteiger partial charge in [0.15, 0.2) is 0 Å². The Bertz CT molecular complexity index is 640. The third-order valence-electron chi connectivity index (χ3n) is 3.30. The molecule has 7 nitrogen and oxygen atoms in total. The predicted octanol–water partition coefficient (Wildman–Crippen LogP) is 2.58. The van der Waals surface area contributed by atoms with Crippen LogP contribution in [0.3, 0.4) is 0 Å². The average molecular weight is 321 g/mol. The number of carbonyl (C=O) groups is 2. The van der Waals surface area contributed by atoms with Gasteiger partial charge in [0, 0.05) is 19.8 Å². The fourth-order valence-corrected chi connectivity index (χ4v) is 2.38. The van der Waals surface area contributed by atoms with Gasteiger partial charge >= 0.3 is 12.1 Å². The van der Waals surface area contributed by atoms with Crippen molar-refractivity contribution in [1.82, 2.24) is 14.7 Å². The number of nitrogens with zero attached hydrogens (tertiary/aromatic N) is 3. The molecule has 0 bridgehead atoms. The maximum absolute atomic E-state index is 12.1. The molecule has 0 unspecified atom stereocenters. The topological polar surface area (TPSA) is 73.7 Å². The Hall–Kier alpha value is -2.31. The quantitative estimate of drug-likeness (QED) is 0.800. The van der Waals surface area contributed by atoms with Crippen molar-refractivity contribution in [3.63, 3.8) is 0 Å². The fourth-order valence-electron chi connectivity index (χ4n) is 2.38. The van der Waals surface area contributed by atoms with Crippen LogP contribution in [0.25, 0.3) is 5.57 Å². The number of rotatable bonds is 3. The molecule has 0 N–H and O–H groups in total. The highest BCUT2D eigenvalue weighted by Crippen LogP contribution is 2.28.